The van der Waals surface area contributed by atoms with Gasteiger partial charge < -0.3 is 4.55 Å². The van der Waals surface area contributed by atoms with Crippen LogP contribution in [-0.2, 0) is 11.2 Å². The van der Waals surface area contributed by atoms with Crippen LogP contribution in [0.3, 0.4) is 0 Å². The summed E-state index contributed by atoms with van der Waals surface area (Å²) in [7, 11) is 0. The van der Waals surface area contributed by atoms with Crippen molar-refractivity contribution < 1.29 is 4.55 Å². The molecule has 58 valence electrons. The average molecular weight is 158 g/mol. The Kier molecular flexibility index (Phi) is 3.29. The molecule has 0 bridgehead atoms. The topological polar surface area (TPSA) is 23.1 Å². The molecule has 0 heterocycles. The lowest BCUT2D eigenvalue weighted by Gasteiger charge is -2.14. The van der Waals surface area contributed by atoms with E-state index in [1.54, 1.807) is 6.08 Å². The fourth-order valence-corrected chi connectivity index (χ4v) is 2.77. The lowest BCUT2D eigenvalue weighted by molar-refractivity contribution is 0.582. The summed E-state index contributed by atoms with van der Waals surface area (Å²) in [5, 5.41) is 0.484. The predicted octanol–water partition coefficient (Wildman–Crippen LogP) is 1.86. The Balaban J connectivity index is 2.24. The Morgan fingerprint density at radius 3 is 2.60 bits per heavy atom. The molecule has 0 aromatic heterocycles. The molecule has 0 aromatic carbocycles. The average Bonchev–Trinajstić information content (AvgIpc) is 2.38. The van der Waals surface area contributed by atoms with E-state index in [-0.39, 0.29) is 0 Å². The first-order chi connectivity index (χ1) is 4.84. The van der Waals surface area contributed by atoms with Gasteiger partial charge in [0.1, 0.15) is 11.0 Å². The quantitative estimate of drug-likeness (QED) is 0.454. The van der Waals surface area contributed by atoms with Crippen molar-refractivity contribution in [2.75, 3.05) is 5.75 Å². The molecule has 0 spiro atoms. The van der Waals surface area contributed by atoms with Crippen LogP contribution in [0.1, 0.15) is 25.7 Å². The molecule has 1 nitrogen and oxygen atoms in total. The SMILES string of the molecule is C=CC[S+]([O-])C1CCCC1. The monoisotopic (exact) mass is 158 g/mol. The molecule has 2 heteroatoms. The van der Waals surface area contributed by atoms with E-state index in [1.807, 2.05) is 0 Å². The molecular weight excluding hydrogens is 144 g/mol. The highest BCUT2D eigenvalue weighted by Crippen LogP contribution is 2.24. The largest absolute Gasteiger partial charge is 0.616 e. The van der Waals surface area contributed by atoms with Crippen LogP contribution in [-0.4, -0.2) is 15.6 Å². The molecule has 1 rings (SSSR count). The fourth-order valence-electron chi connectivity index (χ4n) is 1.40. The van der Waals surface area contributed by atoms with Crippen LogP contribution in [0.5, 0.6) is 0 Å². The molecule has 1 saturated carbocycles. The van der Waals surface area contributed by atoms with Crippen LogP contribution >= 0.6 is 0 Å². The van der Waals surface area contributed by atoms with E-state index in [4.69, 9.17) is 0 Å². The summed E-state index contributed by atoms with van der Waals surface area (Å²) in [5.74, 6) is 0.685. The Morgan fingerprint density at radius 1 is 1.50 bits per heavy atom. The van der Waals surface area contributed by atoms with Crippen LogP contribution in [0.25, 0.3) is 0 Å². The van der Waals surface area contributed by atoms with Gasteiger partial charge in [0.25, 0.3) is 0 Å². The van der Waals surface area contributed by atoms with Crippen LogP contribution < -0.4 is 0 Å². The number of hydrogen-bond acceptors (Lipinski definition) is 1. The summed E-state index contributed by atoms with van der Waals surface area (Å²) in [6.45, 7) is 3.58. The van der Waals surface area contributed by atoms with Gasteiger partial charge in [0, 0.05) is 0 Å². The lowest BCUT2D eigenvalue weighted by Crippen LogP contribution is -2.19. The molecule has 0 N–H and O–H groups in total. The maximum atomic E-state index is 11.3. The first-order valence-electron chi connectivity index (χ1n) is 3.82. The molecule has 0 aliphatic heterocycles. The first kappa shape index (κ1) is 8.15. The standard InChI is InChI=1S/C8H14OS/c1-2-7-10(9)8-5-3-4-6-8/h2,8H,1,3-7H2. The normalized spacial score (nSPS) is 22.9. The summed E-state index contributed by atoms with van der Waals surface area (Å²) in [5.41, 5.74) is 0. The van der Waals surface area contributed by atoms with Gasteiger partial charge >= 0.3 is 0 Å². The highest BCUT2D eigenvalue weighted by Gasteiger charge is 2.24. The first-order valence-corrected chi connectivity index (χ1v) is 5.21. The highest BCUT2D eigenvalue weighted by molar-refractivity contribution is 7.92. The summed E-state index contributed by atoms with van der Waals surface area (Å²) < 4.78 is 11.3. The van der Waals surface area contributed by atoms with E-state index in [9.17, 15) is 4.55 Å². The van der Waals surface area contributed by atoms with E-state index in [0.29, 0.717) is 11.0 Å². The van der Waals surface area contributed by atoms with E-state index in [1.165, 1.54) is 25.7 Å². The summed E-state index contributed by atoms with van der Waals surface area (Å²) >= 11 is -0.613. The molecule has 1 atom stereocenters. The molecule has 0 aromatic rings. The Morgan fingerprint density at radius 2 is 2.10 bits per heavy atom. The number of hydrogen-bond donors (Lipinski definition) is 0. The second-order valence-electron chi connectivity index (χ2n) is 2.74. The zero-order chi connectivity index (χ0) is 7.40. The van der Waals surface area contributed by atoms with E-state index in [0.717, 1.165) is 0 Å². The van der Waals surface area contributed by atoms with Crippen molar-refractivity contribution in [2.24, 2.45) is 0 Å². The zero-order valence-corrected chi connectivity index (χ0v) is 7.03. The summed E-state index contributed by atoms with van der Waals surface area (Å²) in [6.07, 6.45) is 6.64. The smallest absolute Gasteiger partial charge is 0.123 e. The molecular formula is C8H14OS. The van der Waals surface area contributed by atoms with Crippen molar-refractivity contribution in [1.82, 2.24) is 0 Å². The Hall–Kier alpha value is 0.0500. The lowest BCUT2D eigenvalue weighted by atomic mass is 10.4. The third-order valence-electron chi connectivity index (χ3n) is 1.96. The van der Waals surface area contributed by atoms with Gasteiger partial charge in [-0.1, -0.05) is 6.58 Å². The van der Waals surface area contributed by atoms with Gasteiger partial charge in [0.15, 0.2) is 0 Å². The van der Waals surface area contributed by atoms with Crippen molar-refractivity contribution in [1.29, 1.82) is 0 Å². The minimum absolute atomic E-state index is 0.484. The molecule has 0 saturated heterocycles. The Labute approximate surface area is 65.7 Å². The van der Waals surface area contributed by atoms with Gasteiger partial charge in [-0.05, 0) is 42.9 Å². The Bertz CT molecular complexity index is 108. The molecule has 0 radical (unpaired) electrons. The van der Waals surface area contributed by atoms with Gasteiger partial charge in [-0.3, -0.25) is 0 Å². The summed E-state index contributed by atoms with van der Waals surface area (Å²) in [6, 6.07) is 0. The van der Waals surface area contributed by atoms with Crippen molar-refractivity contribution >= 4 is 11.2 Å². The van der Waals surface area contributed by atoms with E-state index in [2.05, 4.69) is 6.58 Å². The minimum Gasteiger partial charge on any atom is -0.616 e. The van der Waals surface area contributed by atoms with Gasteiger partial charge in [0.05, 0.1) is 0 Å². The van der Waals surface area contributed by atoms with Crippen molar-refractivity contribution in [3.05, 3.63) is 12.7 Å². The third-order valence-corrected chi connectivity index (χ3v) is 3.74. The highest BCUT2D eigenvalue weighted by atomic mass is 32.2. The third kappa shape index (κ3) is 2.03. The van der Waals surface area contributed by atoms with Gasteiger partial charge in [0.2, 0.25) is 0 Å². The maximum absolute atomic E-state index is 11.3. The second-order valence-corrected chi connectivity index (χ2v) is 4.50. The van der Waals surface area contributed by atoms with Gasteiger partial charge in [-0.2, -0.15) is 0 Å². The van der Waals surface area contributed by atoms with E-state index < -0.39 is 11.2 Å². The number of rotatable bonds is 3. The van der Waals surface area contributed by atoms with Crippen LogP contribution in [0.15, 0.2) is 12.7 Å². The van der Waals surface area contributed by atoms with Crippen LogP contribution in [0.2, 0.25) is 0 Å². The van der Waals surface area contributed by atoms with Crippen molar-refractivity contribution in [2.45, 2.75) is 30.9 Å². The van der Waals surface area contributed by atoms with Gasteiger partial charge in [-0.15, -0.1) is 0 Å². The molecule has 1 fully saturated rings. The maximum Gasteiger partial charge on any atom is 0.123 e. The van der Waals surface area contributed by atoms with Gasteiger partial charge in [-0.25, -0.2) is 0 Å². The predicted molar refractivity (Wildman–Crippen MR) is 45.5 cm³/mol. The van der Waals surface area contributed by atoms with Crippen molar-refractivity contribution in [3.63, 3.8) is 0 Å². The fraction of sp³-hybridized carbons (Fsp3) is 0.750. The van der Waals surface area contributed by atoms with Crippen LogP contribution in [0, 0.1) is 0 Å². The van der Waals surface area contributed by atoms with Crippen LogP contribution in [0.4, 0.5) is 0 Å². The van der Waals surface area contributed by atoms with Crippen molar-refractivity contribution in [3.8, 4) is 0 Å². The molecule has 1 aliphatic rings. The second kappa shape index (κ2) is 4.04. The molecule has 1 unspecified atom stereocenters. The molecule has 1 aliphatic carbocycles. The zero-order valence-electron chi connectivity index (χ0n) is 6.21. The minimum atomic E-state index is -0.613. The van der Waals surface area contributed by atoms with E-state index >= 15 is 0 Å². The molecule has 10 heavy (non-hydrogen) atoms. The summed E-state index contributed by atoms with van der Waals surface area (Å²) in [4.78, 5) is 0. The molecule has 0 amide bonds.